The van der Waals surface area contributed by atoms with Gasteiger partial charge in [-0.2, -0.15) is 5.10 Å². The molecule has 0 fully saturated rings. The van der Waals surface area contributed by atoms with Crippen molar-refractivity contribution in [3.63, 3.8) is 0 Å². The first kappa shape index (κ1) is 13.6. The Morgan fingerprint density at radius 1 is 1.43 bits per heavy atom. The molecule has 5 heteroatoms. The van der Waals surface area contributed by atoms with Gasteiger partial charge in [0, 0.05) is 23.6 Å². The lowest BCUT2D eigenvalue weighted by Crippen LogP contribution is -2.32. The summed E-state index contributed by atoms with van der Waals surface area (Å²) in [6.45, 7) is 1.94. The van der Waals surface area contributed by atoms with Crippen LogP contribution < -0.4 is 0 Å². The number of nitrogens with zero attached hydrogens (tertiary/aromatic N) is 3. The molecule has 0 aromatic heterocycles. The van der Waals surface area contributed by atoms with Crippen molar-refractivity contribution in [3.8, 4) is 11.8 Å². The Hall–Kier alpha value is -2.38. The minimum Gasteiger partial charge on any atom is -0.276 e. The summed E-state index contributed by atoms with van der Waals surface area (Å²) >= 11 is 5.50. The maximum absolute atomic E-state index is 11.2. The Labute approximate surface area is 127 Å². The summed E-state index contributed by atoms with van der Waals surface area (Å²) in [6.07, 6.45) is 7.28. The van der Waals surface area contributed by atoms with Gasteiger partial charge in [0.15, 0.2) is 6.17 Å². The summed E-state index contributed by atoms with van der Waals surface area (Å²) in [5.41, 5.74) is 2.23. The Morgan fingerprint density at radius 2 is 2.29 bits per heavy atom. The number of aliphatic imine (C=N–C) groups is 1. The van der Waals surface area contributed by atoms with Crippen LogP contribution in [0.5, 0.6) is 0 Å². The van der Waals surface area contributed by atoms with Crippen molar-refractivity contribution in [2.45, 2.75) is 19.1 Å². The van der Waals surface area contributed by atoms with Gasteiger partial charge in [-0.25, -0.2) is 5.01 Å². The van der Waals surface area contributed by atoms with Crippen molar-refractivity contribution in [1.29, 1.82) is 0 Å². The number of carbonyl (C=O) groups is 1. The fourth-order valence-electron chi connectivity index (χ4n) is 2.15. The van der Waals surface area contributed by atoms with Gasteiger partial charge in [0.05, 0.1) is 0 Å². The van der Waals surface area contributed by atoms with E-state index in [-0.39, 0.29) is 12.2 Å². The first-order chi connectivity index (χ1) is 10.1. The van der Waals surface area contributed by atoms with Crippen LogP contribution in [0.3, 0.4) is 0 Å². The first-order valence-corrected chi connectivity index (χ1v) is 6.87. The van der Waals surface area contributed by atoms with Crippen LogP contribution in [0.25, 0.3) is 0 Å². The molecule has 0 saturated heterocycles. The second-order valence-corrected chi connectivity index (χ2v) is 5.10. The zero-order valence-electron chi connectivity index (χ0n) is 11.3. The SMILES string of the molecule is Cc1ccc(C(=O)Cl)cc1C#CC1C=NC2C=CC=NN12. The molecule has 0 aliphatic carbocycles. The molecule has 2 aliphatic rings. The summed E-state index contributed by atoms with van der Waals surface area (Å²) in [5.74, 6) is 6.22. The molecule has 1 aromatic rings. The number of halogens is 1. The molecule has 0 bridgehead atoms. The standard InChI is InChI=1S/C16H12ClN3O/c1-11-4-5-13(16(17)21)9-12(11)6-7-14-10-18-15-3-2-8-19-20(14)15/h2-5,8-10,14-15H,1H3. The third-order valence-corrected chi connectivity index (χ3v) is 3.54. The van der Waals surface area contributed by atoms with Crippen molar-refractivity contribution in [2.24, 2.45) is 10.1 Å². The summed E-state index contributed by atoms with van der Waals surface area (Å²) in [5, 5.41) is 5.62. The Bertz CT molecular complexity index is 740. The van der Waals surface area contributed by atoms with Gasteiger partial charge in [-0.05, 0) is 48.4 Å². The molecule has 2 heterocycles. The quantitative estimate of drug-likeness (QED) is 0.590. The van der Waals surface area contributed by atoms with Crippen LogP contribution >= 0.6 is 11.6 Å². The highest BCUT2D eigenvalue weighted by Crippen LogP contribution is 2.17. The number of hydrogen-bond acceptors (Lipinski definition) is 4. The van der Waals surface area contributed by atoms with Crippen molar-refractivity contribution >= 4 is 29.3 Å². The van der Waals surface area contributed by atoms with E-state index in [4.69, 9.17) is 11.6 Å². The van der Waals surface area contributed by atoms with Crippen LogP contribution in [-0.2, 0) is 0 Å². The molecule has 104 valence electrons. The highest BCUT2D eigenvalue weighted by Gasteiger charge is 2.26. The fourth-order valence-corrected chi connectivity index (χ4v) is 2.26. The molecule has 1 aromatic carbocycles. The predicted octanol–water partition coefficient (Wildman–Crippen LogP) is 2.36. The molecule has 0 amide bonds. The number of hydrazone groups is 1. The van der Waals surface area contributed by atoms with Gasteiger partial charge >= 0.3 is 0 Å². The number of allylic oxidation sites excluding steroid dienone is 1. The summed E-state index contributed by atoms with van der Waals surface area (Å²) in [4.78, 5) is 15.6. The van der Waals surface area contributed by atoms with Gasteiger partial charge < -0.3 is 0 Å². The lowest BCUT2D eigenvalue weighted by molar-refractivity contribution is 0.108. The molecule has 2 unspecified atom stereocenters. The van der Waals surface area contributed by atoms with Gasteiger partial charge in [0.2, 0.25) is 0 Å². The molecule has 0 spiro atoms. The zero-order valence-corrected chi connectivity index (χ0v) is 12.1. The van der Waals surface area contributed by atoms with Crippen LogP contribution in [0.2, 0.25) is 0 Å². The number of benzene rings is 1. The topological polar surface area (TPSA) is 45.0 Å². The lowest BCUT2D eigenvalue weighted by atomic mass is 10.1. The van der Waals surface area contributed by atoms with Gasteiger partial charge in [0.25, 0.3) is 5.24 Å². The molecule has 3 rings (SSSR count). The van der Waals surface area contributed by atoms with Crippen molar-refractivity contribution in [3.05, 3.63) is 47.0 Å². The second-order valence-electron chi connectivity index (χ2n) is 4.76. The van der Waals surface area contributed by atoms with E-state index in [9.17, 15) is 4.79 Å². The molecule has 4 nitrogen and oxygen atoms in total. The summed E-state index contributed by atoms with van der Waals surface area (Å²) < 4.78 is 0. The second kappa shape index (κ2) is 5.55. The molecular weight excluding hydrogens is 286 g/mol. The molecular formula is C16H12ClN3O. The smallest absolute Gasteiger partial charge is 0.252 e. The molecule has 0 saturated carbocycles. The predicted molar refractivity (Wildman–Crippen MR) is 83.8 cm³/mol. The maximum Gasteiger partial charge on any atom is 0.252 e. The van der Waals surface area contributed by atoms with E-state index < -0.39 is 5.24 Å². The highest BCUT2D eigenvalue weighted by atomic mass is 35.5. The van der Waals surface area contributed by atoms with Crippen LogP contribution in [0.1, 0.15) is 21.5 Å². The van der Waals surface area contributed by atoms with Crippen LogP contribution in [0, 0.1) is 18.8 Å². The summed E-state index contributed by atoms with van der Waals surface area (Å²) in [6, 6.07) is 5.09. The summed E-state index contributed by atoms with van der Waals surface area (Å²) in [7, 11) is 0. The Balaban J connectivity index is 1.87. The monoisotopic (exact) mass is 297 g/mol. The van der Waals surface area contributed by atoms with E-state index in [2.05, 4.69) is 21.9 Å². The van der Waals surface area contributed by atoms with Gasteiger partial charge in [-0.15, -0.1) is 0 Å². The van der Waals surface area contributed by atoms with E-state index in [1.165, 1.54) is 0 Å². The van der Waals surface area contributed by atoms with Gasteiger partial charge in [-0.1, -0.05) is 17.9 Å². The minimum atomic E-state index is -0.480. The number of carbonyl (C=O) groups excluding carboxylic acids is 1. The molecule has 2 aliphatic heterocycles. The molecule has 0 N–H and O–H groups in total. The van der Waals surface area contributed by atoms with Crippen LogP contribution in [0.15, 0.2) is 40.4 Å². The van der Waals surface area contributed by atoms with Gasteiger partial charge in [0.1, 0.15) is 6.04 Å². The molecule has 2 atom stereocenters. The van der Waals surface area contributed by atoms with E-state index in [1.54, 1.807) is 24.6 Å². The van der Waals surface area contributed by atoms with E-state index in [0.29, 0.717) is 5.56 Å². The normalized spacial score (nSPS) is 21.9. The third kappa shape index (κ3) is 2.74. The van der Waals surface area contributed by atoms with E-state index in [0.717, 1.165) is 11.1 Å². The number of fused-ring (bicyclic) bond motifs is 1. The maximum atomic E-state index is 11.2. The van der Waals surface area contributed by atoms with Crippen LogP contribution in [-0.4, -0.2) is 34.9 Å². The molecule has 0 radical (unpaired) electrons. The van der Waals surface area contributed by atoms with E-state index in [1.807, 2.05) is 30.2 Å². The largest absolute Gasteiger partial charge is 0.276 e. The fraction of sp³-hybridized carbons (Fsp3) is 0.188. The number of aryl methyl sites for hydroxylation is 1. The average molecular weight is 298 g/mol. The minimum absolute atomic E-state index is 0.0637. The van der Waals surface area contributed by atoms with Crippen LogP contribution in [0.4, 0.5) is 0 Å². The number of hydrogen-bond donors (Lipinski definition) is 0. The third-order valence-electron chi connectivity index (χ3n) is 3.32. The highest BCUT2D eigenvalue weighted by molar-refractivity contribution is 6.67. The van der Waals surface area contributed by atoms with Crippen molar-refractivity contribution < 1.29 is 4.79 Å². The number of rotatable bonds is 1. The van der Waals surface area contributed by atoms with Crippen molar-refractivity contribution in [1.82, 2.24) is 5.01 Å². The first-order valence-electron chi connectivity index (χ1n) is 6.49. The average Bonchev–Trinajstić information content (AvgIpc) is 2.89. The molecule has 21 heavy (non-hydrogen) atoms. The van der Waals surface area contributed by atoms with Gasteiger partial charge in [-0.3, -0.25) is 9.79 Å². The zero-order chi connectivity index (χ0) is 14.8. The Kier molecular flexibility index (Phi) is 3.59. The van der Waals surface area contributed by atoms with Crippen molar-refractivity contribution in [2.75, 3.05) is 0 Å². The van der Waals surface area contributed by atoms with E-state index >= 15 is 0 Å². The Morgan fingerprint density at radius 3 is 3.10 bits per heavy atom. The lowest BCUT2D eigenvalue weighted by Gasteiger charge is -2.22.